The van der Waals surface area contributed by atoms with E-state index in [1.54, 1.807) is 0 Å². The molecule has 1 aromatic rings. The first kappa shape index (κ1) is 47.0. The van der Waals surface area contributed by atoms with Crippen molar-refractivity contribution in [1.82, 2.24) is 0 Å². The largest absolute Gasteiger partial charge is 0.469 e. The first-order valence-electron chi connectivity index (χ1n) is 20.7. The standard InChI is InChI=1S/C44H62BrNO12Si/c1-27(24-28(2)39(30(4)45)57-59(9,10)42(5,6)7)38(48)40(54-41(49)31-17-19-32(20-18-31)46(50)51)36-26-35-34(53-36)25-29(3)44(56-35)23-22-43(58-44)21-13-15-33(55-43)14-11-12-16-37(47)52-8/h11,13-15,17-20,27-29,33-36,39-40H,4,12,16,21-26H2,1-3,5-10H3/b14-11+/t27-,28+,29-,33-,34-,35-,36+,39+,40-,43+,44-/m1/s1. The Balaban J connectivity index is 1.32. The van der Waals surface area contributed by atoms with Gasteiger partial charge in [-0.05, 0) is 55.4 Å². The Labute approximate surface area is 358 Å². The van der Waals surface area contributed by atoms with Crippen LogP contribution in [0.25, 0.3) is 0 Å². The fourth-order valence-corrected chi connectivity index (χ4v) is 10.3. The van der Waals surface area contributed by atoms with Gasteiger partial charge in [-0.2, -0.15) is 0 Å². The molecule has 3 saturated heterocycles. The number of ketones is 1. The second kappa shape index (κ2) is 18.9. The highest BCUT2D eigenvalue weighted by Gasteiger charge is 2.61. The molecule has 0 amide bonds. The van der Waals surface area contributed by atoms with Crippen LogP contribution in [0.3, 0.4) is 0 Å². The minimum absolute atomic E-state index is 0.0429. The second-order valence-corrected chi connectivity index (χ2v) is 24.0. The summed E-state index contributed by atoms with van der Waals surface area (Å²) in [5, 5.41) is 11.2. The Kier molecular flexibility index (Phi) is 15.1. The molecule has 0 bridgehead atoms. The van der Waals surface area contributed by atoms with Gasteiger partial charge in [0.2, 0.25) is 0 Å². The lowest BCUT2D eigenvalue weighted by Crippen LogP contribution is -2.53. The van der Waals surface area contributed by atoms with E-state index >= 15 is 0 Å². The SMILES string of the molecule is C=C(Br)[C@@H](O[Si](C)(C)C(C)(C)C)[C@@H](C)C[C@@H](C)C(=O)[C@H](OC(=O)c1ccc([N+](=O)[O-])cc1)[C@@H]1C[C@H]2O[C@@]3(CC[C@]4(CC=C[C@@H](/C=C/CCC(=O)OC)O4)O3)[C@H](C)C[C@H]2O1. The maximum atomic E-state index is 14.6. The van der Waals surface area contributed by atoms with Gasteiger partial charge in [-0.15, -0.1) is 0 Å². The minimum atomic E-state index is -2.21. The third kappa shape index (κ3) is 11.1. The molecule has 4 aliphatic heterocycles. The second-order valence-electron chi connectivity index (χ2n) is 18.2. The third-order valence-electron chi connectivity index (χ3n) is 12.7. The quantitative estimate of drug-likeness (QED) is 0.0510. The van der Waals surface area contributed by atoms with E-state index in [0.717, 1.165) is 0 Å². The van der Waals surface area contributed by atoms with Crippen molar-refractivity contribution < 1.29 is 52.2 Å². The summed E-state index contributed by atoms with van der Waals surface area (Å²) in [6, 6.07) is 5.10. The Morgan fingerprint density at radius 3 is 2.42 bits per heavy atom. The molecule has 5 rings (SSSR count). The fraction of sp³-hybridized carbons (Fsp3) is 0.659. The van der Waals surface area contributed by atoms with Gasteiger partial charge >= 0.3 is 11.9 Å². The van der Waals surface area contributed by atoms with Crippen LogP contribution in [0.4, 0.5) is 5.69 Å². The first-order valence-corrected chi connectivity index (χ1v) is 24.4. The van der Waals surface area contributed by atoms with Crippen LogP contribution < -0.4 is 0 Å². The number of hydrogen-bond acceptors (Lipinski definition) is 12. The first-order chi connectivity index (χ1) is 27.6. The number of hydrogen-bond donors (Lipinski definition) is 0. The van der Waals surface area contributed by atoms with Gasteiger partial charge < -0.3 is 32.8 Å². The molecule has 326 valence electrons. The summed E-state index contributed by atoms with van der Waals surface area (Å²) in [6.07, 6.45) is 8.14. The van der Waals surface area contributed by atoms with Crippen molar-refractivity contribution in [2.24, 2.45) is 17.8 Å². The lowest BCUT2D eigenvalue weighted by molar-refractivity contribution is -0.384. The van der Waals surface area contributed by atoms with Crippen molar-refractivity contribution in [3.63, 3.8) is 0 Å². The number of allylic oxidation sites excluding steroid dienone is 1. The summed E-state index contributed by atoms with van der Waals surface area (Å²) < 4.78 is 45.0. The zero-order valence-corrected chi connectivity index (χ0v) is 38.5. The average molecular weight is 905 g/mol. The molecule has 0 saturated carbocycles. The van der Waals surface area contributed by atoms with Gasteiger partial charge in [0.25, 0.3) is 5.69 Å². The monoisotopic (exact) mass is 903 g/mol. The van der Waals surface area contributed by atoms with Crippen LogP contribution in [0.2, 0.25) is 18.1 Å². The summed E-state index contributed by atoms with van der Waals surface area (Å²) in [5.41, 5.74) is -0.0916. The zero-order chi connectivity index (χ0) is 43.5. The van der Waals surface area contributed by atoms with Gasteiger partial charge in [0.15, 0.2) is 31.8 Å². The molecule has 59 heavy (non-hydrogen) atoms. The Morgan fingerprint density at radius 1 is 1.10 bits per heavy atom. The molecule has 1 aromatic carbocycles. The molecule has 2 spiro atoms. The maximum absolute atomic E-state index is 14.6. The van der Waals surface area contributed by atoms with E-state index in [0.29, 0.717) is 43.0 Å². The summed E-state index contributed by atoms with van der Waals surface area (Å²) in [7, 11) is -0.840. The lowest BCUT2D eigenvalue weighted by atomic mass is 9.85. The number of esters is 2. The number of ether oxygens (including phenoxy) is 6. The number of methoxy groups -OCH3 is 1. The van der Waals surface area contributed by atoms with Gasteiger partial charge in [-0.3, -0.25) is 19.7 Å². The van der Waals surface area contributed by atoms with Crippen molar-refractivity contribution in [2.45, 2.75) is 159 Å². The predicted octanol–water partition coefficient (Wildman–Crippen LogP) is 9.29. The summed E-state index contributed by atoms with van der Waals surface area (Å²) >= 11 is 3.59. The number of nitro benzene ring substituents is 1. The molecule has 4 heterocycles. The predicted molar refractivity (Wildman–Crippen MR) is 227 cm³/mol. The molecule has 13 nitrogen and oxygen atoms in total. The summed E-state index contributed by atoms with van der Waals surface area (Å²) in [6.45, 7) is 21.0. The molecule has 0 aromatic heterocycles. The van der Waals surface area contributed by atoms with E-state index in [2.05, 4.69) is 69.4 Å². The number of nitrogens with zero attached hydrogens (tertiary/aromatic N) is 1. The smallest absolute Gasteiger partial charge is 0.338 e. The number of halogens is 1. The summed E-state index contributed by atoms with van der Waals surface area (Å²) in [4.78, 5) is 50.5. The lowest BCUT2D eigenvalue weighted by Gasteiger charge is -2.45. The van der Waals surface area contributed by atoms with Gasteiger partial charge in [-0.1, -0.05) is 88.4 Å². The number of non-ortho nitro benzene ring substituents is 1. The topological polar surface area (TPSA) is 159 Å². The van der Waals surface area contributed by atoms with E-state index in [-0.39, 0.29) is 71.0 Å². The molecule has 3 fully saturated rings. The number of nitro groups is 1. The molecular formula is C44H62BrNO12Si. The van der Waals surface area contributed by atoms with Crippen molar-refractivity contribution in [2.75, 3.05) is 7.11 Å². The van der Waals surface area contributed by atoms with Gasteiger partial charge in [0.05, 0.1) is 42.0 Å². The fourth-order valence-electron chi connectivity index (χ4n) is 8.25. The third-order valence-corrected chi connectivity index (χ3v) is 17.6. The number of carbonyl (C=O) groups excluding carboxylic acids is 3. The number of fused-ring (bicyclic) bond motifs is 1. The Hall–Kier alpha value is -3.05. The highest BCUT2D eigenvalue weighted by atomic mass is 79.9. The van der Waals surface area contributed by atoms with E-state index in [1.165, 1.54) is 31.4 Å². The number of rotatable bonds is 16. The maximum Gasteiger partial charge on any atom is 0.338 e. The molecular weight excluding hydrogens is 842 g/mol. The number of benzene rings is 1. The van der Waals surface area contributed by atoms with Gasteiger partial charge in [0.1, 0.15) is 6.10 Å². The van der Waals surface area contributed by atoms with Crippen LogP contribution in [0.5, 0.6) is 0 Å². The number of Topliss-reactive ketones (excluding diaryl/α,β-unsaturated/α-hetero) is 1. The number of carbonyl (C=O) groups is 3. The molecule has 4 aliphatic rings. The molecule has 15 heteroatoms. The van der Waals surface area contributed by atoms with Gasteiger partial charge in [-0.25, -0.2) is 4.79 Å². The highest BCUT2D eigenvalue weighted by molar-refractivity contribution is 9.11. The molecule has 0 unspecified atom stereocenters. The average Bonchev–Trinajstić information content (AvgIpc) is 3.74. The summed E-state index contributed by atoms with van der Waals surface area (Å²) in [5.74, 6) is -3.95. The Bertz CT molecular complexity index is 1780. The molecule has 0 N–H and O–H groups in total. The van der Waals surface area contributed by atoms with Crippen molar-refractivity contribution in [3.8, 4) is 0 Å². The van der Waals surface area contributed by atoms with E-state index < -0.39 is 55.0 Å². The van der Waals surface area contributed by atoms with Crippen LogP contribution in [-0.4, -0.2) is 86.3 Å². The molecule has 11 atom stereocenters. The Morgan fingerprint density at radius 2 is 1.80 bits per heavy atom. The minimum Gasteiger partial charge on any atom is -0.469 e. The van der Waals surface area contributed by atoms with E-state index in [4.69, 9.17) is 32.8 Å². The molecule has 0 radical (unpaired) electrons. The van der Waals surface area contributed by atoms with Crippen molar-refractivity contribution >= 4 is 47.7 Å². The van der Waals surface area contributed by atoms with E-state index in [9.17, 15) is 24.5 Å². The van der Waals surface area contributed by atoms with Crippen LogP contribution >= 0.6 is 15.9 Å². The normalized spacial score (nSPS) is 30.2. The highest BCUT2D eigenvalue weighted by Crippen LogP contribution is 2.53. The van der Waals surface area contributed by atoms with Crippen LogP contribution in [-0.2, 0) is 42.4 Å². The van der Waals surface area contributed by atoms with Crippen LogP contribution in [0.1, 0.15) is 103 Å². The van der Waals surface area contributed by atoms with Gasteiger partial charge in [0, 0.05) is 60.6 Å². The van der Waals surface area contributed by atoms with E-state index in [1.807, 2.05) is 32.1 Å². The van der Waals surface area contributed by atoms with Crippen LogP contribution in [0, 0.1) is 27.9 Å². The zero-order valence-electron chi connectivity index (χ0n) is 35.9. The van der Waals surface area contributed by atoms with Crippen molar-refractivity contribution in [3.05, 3.63) is 75.3 Å². The van der Waals surface area contributed by atoms with Crippen LogP contribution in [0.15, 0.2) is 59.6 Å². The molecule has 0 aliphatic carbocycles. The van der Waals surface area contributed by atoms with Crippen molar-refractivity contribution in [1.29, 1.82) is 0 Å².